The van der Waals surface area contributed by atoms with E-state index in [0.717, 1.165) is 0 Å². The Morgan fingerprint density at radius 3 is 2.41 bits per heavy atom. The van der Waals surface area contributed by atoms with E-state index in [2.05, 4.69) is 5.32 Å². The molecule has 0 heterocycles. The van der Waals surface area contributed by atoms with Crippen LogP contribution >= 0.6 is 0 Å². The number of carbonyl (C=O) groups excluding carboxylic acids is 1. The lowest BCUT2D eigenvalue weighted by Crippen LogP contribution is -2.42. The third-order valence-electron chi connectivity index (χ3n) is 1.91. The van der Waals surface area contributed by atoms with Crippen LogP contribution in [0, 0.1) is 0 Å². The van der Waals surface area contributed by atoms with Gasteiger partial charge >= 0.3 is 11.9 Å². The van der Waals surface area contributed by atoms with Gasteiger partial charge in [0.05, 0.1) is 6.42 Å². The first-order chi connectivity index (χ1) is 7.97. The molecule has 7 nitrogen and oxygen atoms in total. The summed E-state index contributed by atoms with van der Waals surface area (Å²) in [5.41, 5.74) is 0. The van der Waals surface area contributed by atoms with Crippen molar-refractivity contribution in [2.45, 2.75) is 32.2 Å². The fraction of sp³-hybridized carbons (Fsp3) is 0.700. The van der Waals surface area contributed by atoms with Gasteiger partial charge in [0, 0.05) is 19.6 Å². The van der Waals surface area contributed by atoms with Crippen LogP contribution in [0.4, 0.5) is 0 Å². The monoisotopic (exact) mass is 247 g/mol. The minimum Gasteiger partial charge on any atom is -0.481 e. The number of hydrogen-bond acceptors (Lipinski definition) is 4. The number of carboxylic acids is 2. The van der Waals surface area contributed by atoms with Gasteiger partial charge in [-0.3, -0.25) is 9.59 Å². The Kier molecular flexibility index (Phi) is 7.70. The predicted molar refractivity (Wildman–Crippen MR) is 57.5 cm³/mol. The minimum absolute atomic E-state index is 0.114. The van der Waals surface area contributed by atoms with Crippen LogP contribution in [0.15, 0.2) is 0 Å². The standard InChI is InChI=1S/C10H17NO6/c1-2-17-5-3-4-8(12)11-7(10(15)16)6-9(13)14/h7H,2-6H2,1H3,(H,11,12)(H,13,14)(H,15,16). The van der Waals surface area contributed by atoms with Crippen LogP contribution in [0.2, 0.25) is 0 Å². The van der Waals surface area contributed by atoms with Crippen molar-refractivity contribution >= 4 is 17.8 Å². The van der Waals surface area contributed by atoms with Gasteiger partial charge in [-0.1, -0.05) is 0 Å². The lowest BCUT2D eigenvalue weighted by molar-refractivity contribution is -0.147. The van der Waals surface area contributed by atoms with Crippen LogP contribution in [-0.4, -0.2) is 47.3 Å². The van der Waals surface area contributed by atoms with Crippen LogP contribution in [0.1, 0.15) is 26.2 Å². The number of amides is 1. The highest BCUT2D eigenvalue weighted by atomic mass is 16.5. The molecule has 0 bridgehead atoms. The van der Waals surface area contributed by atoms with Crippen molar-refractivity contribution in [3.8, 4) is 0 Å². The molecule has 1 atom stereocenters. The number of hydrogen-bond donors (Lipinski definition) is 3. The second-order valence-corrected chi connectivity index (χ2v) is 3.36. The smallest absolute Gasteiger partial charge is 0.326 e. The van der Waals surface area contributed by atoms with Crippen LogP contribution in [-0.2, 0) is 19.1 Å². The van der Waals surface area contributed by atoms with E-state index in [1.165, 1.54) is 0 Å². The summed E-state index contributed by atoms with van der Waals surface area (Å²) in [6.07, 6.45) is -0.0466. The zero-order valence-electron chi connectivity index (χ0n) is 9.64. The summed E-state index contributed by atoms with van der Waals surface area (Å²) in [6.45, 7) is 2.80. The van der Waals surface area contributed by atoms with E-state index in [-0.39, 0.29) is 6.42 Å². The number of carbonyl (C=O) groups is 3. The highest BCUT2D eigenvalue weighted by Crippen LogP contribution is 1.96. The quantitative estimate of drug-likeness (QED) is 0.488. The molecule has 17 heavy (non-hydrogen) atoms. The number of rotatable bonds is 9. The van der Waals surface area contributed by atoms with Crippen LogP contribution in [0.3, 0.4) is 0 Å². The van der Waals surface area contributed by atoms with Crippen molar-refractivity contribution in [3.63, 3.8) is 0 Å². The first-order valence-corrected chi connectivity index (χ1v) is 5.29. The summed E-state index contributed by atoms with van der Waals surface area (Å²) < 4.78 is 5.01. The van der Waals surface area contributed by atoms with Gasteiger partial charge in [-0.25, -0.2) is 4.79 Å². The molecule has 0 aliphatic heterocycles. The molecule has 0 fully saturated rings. The zero-order chi connectivity index (χ0) is 13.3. The first kappa shape index (κ1) is 15.4. The second-order valence-electron chi connectivity index (χ2n) is 3.36. The van der Waals surface area contributed by atoms with Crippen molar-refractivity contribution in [3.05, 3.63) is 0 Å². The molecule has 0 saturated carbocycles. The Balaban J connectivity index is 3.96. The summed E-state index contributed by atoms with van der Waals surface area (Å²) in [4.78, 5) is 32.3. The number of carboxylic acid groups (broad SMARTS) is 2. The Hall–Kier alpha value is -1.63. The number of ether oxygens (including phenoxy) is 1. The van der Waals surface area contributed by atoms with E-state index in [1.54, 1.807) is 0 Å². The molecule has 0 aromatic heterocycles. The molecule has 0 aromatic carbocycles. The molecule has 3 N–H and O–H groups in total. The lowest BCUT2D eigenvalue weighted by atomic mass is 10.2. The van der Waals surface area contributed by atoms with Gasteiger partial charge < -0.3 is 20.3 Å². The Morgan fingerprint density at radius 2 is 1.94 bits per heavy atom. The normalized spacial score (nSPS) is 11.8. The molecule has 0 radical (unpaired) electrons. The van der Waals surface area contributed by atoms with Gasteiger partial charge in [-0.05, 0) is 13.3 Å². The summed E-state index contributed by atoms with van der Waals surface area (Å²) in [5.74, 6) is -3.11. The Labute approximate surface area is 98.8 Å². The topological polar surface area (TPSA) is 113 Å². The predicted octanol–water partition coefficient (Wildman–Crippen LogP) is -0.153. The number of nitrogens with one attached hydrogen (secondary N) is 1. The fourth-order valence-corrected chi connectivity index (χ4v) is 1.12. The maximum absolute atomic E-state index is 11.3. The van der Waals surface area contributed by atoms with Crippen molar-refractivity contribution in [2.24, 2.45) is 0 Å². The lowest BCUT2D eigenvalue weighted by Gasteiger charge is -2.12. The van der Waals surface area contributed by atoms with Crippen molar-refractivity contribution in [1.29, 1.82) is 0 Å². The summed E-state index contributed by atoms with van der Waals surface area (Å²) in [6, 6.07) is -1.38. The molecule has 0 aromatic rings. The van der Waals surface area contributed by atoms with Gasteiger partial charge in [0.15, 0.2) is 0 Å². The van der Waals surface area contributed by atoms with Gasteiger partial charge in [0.25, 0.3) is 0 Å². The molecule has 0 rings (SSSR count). The highest BCUT2D eigenvalue weighted by molar-refractivity contribution is 5.86. The number of aliphatic carboxylic acids is 2. The Morgan fingerprint density at radius 1 is 1.29 bits per heavy atom. The van der Waals surface area contributed by atoms with Gasteiger partial charge in [-0.15, -0.1) is 0 Å². The van der Waals surface area contributed by atoms with E-state index in [1.807, 2.05) is 6.92 Å². The average Bonchev–Trinajstić information content (AvgIpc) is 2.22. The van der Waals surface area contributed by atoms with Gasteiger partial charge in [-0.2, -0.15) is 0 Å². The largest absolute Gasteiger partial charge is 0.481 e. The average molecular weight is 247 g/mol. The molecule has 0 saturated heterocycles. The molecule has 0 aliphatic rings. The molecule has 1 unspecified atom stereocenters. The SMILES string of the molecule is CCOCCCC(=O)NC(CC(=O)O)C(=O)O. The first-order valence-electron chi connectivity index (χ1n) is 5.29. The van der Waals surface area contributed by atoms with Gasteiger partial charge in [0.2, 0.25) is 5.91 Å². The molecular weight excluding hydrogens is 230 g/mol. The molecule has 0 aliphatic carbocycles. The van der Waals surface area contributed by atoms with Crippen molar-refractivity contribution in [2.75, 3.05) is 13.2 Å². The second kappa shape index (κ2) is 8.51. The van der Waals surface area contributed by atoms with Crippen molar-refractivity contribution in [1.82, 2.24) is 5.32 Å². The van der Waals surface area contributed by atoms with Crippen LogP contribution in [0.5, 0.6) is 0 Å². The van der Waals surface area contributed by atoms with Crippen LogP contribution in [0.25, 0.3) is 0 Å². The van der Waals surface area contributed by atoms with E-state index in [9.17, 15) is 14.4 Å². The fourth-order valence-electron chi connectivity index (χ4n) is 1.12. The Bertz CT molecular complexity index is 278. The van der Waals surface area contributed by atoms with Crippen molar-refractivity contribution < 1.29 is 29.3 Å². The van der Waals surface area contributed by atoms with Gasteiger partial charge in [0.1, 0.15) is 6.04 Å². The molecule has 98 valence electrons. The van der Waals surface area contributed by atoms with Crippen LogP contribution < -0.4 is 5.32 Å². The summed E-state index contributed by atoms with van der Waals surface area (Å²) in [7, 11) is 0. The minimum atomic E-state index is -1.38. The van der Waals surface area contributed by atoms with E-state index in [4.69, 9.17) is 14.9 Å². The summed E-state index contributed by atoms with van der Waals surface area (Å²) >= 11 is 0. The third kappa shape index (κ3) is 8.21. The molecule has 1 amide bonds. The zero-order valence-corrected chi connectivity index (χ0v) is 9.64. The maximum atomic E-state index is 11.3. The molecule has 7 heteroatoms. The molecular formula is C10H17NO6. The van der Waals surface area contributed by atoms with E-state index >= 15 is 0 Å². The summed E-state index contributed by atoms with van der Waals surface area (Å²) in [5, 5.41) is 19.3. The maximum Gasteiger partial charge on any atom is 0.326 e. The van der Waals surface area contributed by atoms with E-state index < -0.39 is 30.3 Å². The third-order valence-corrected chi connectivity index (χ3v) is 1.91. The highest BCUT2D eigenvalue weighted by Gasteiger charge is 2.22. The molecule has 0 spiro atoms. The van der Waals surface area contributed by atoms with E-state index in [0.29, 0.717) is 19.6 Å².